The van der Waals surface area contributed by atoms with Gasteiger partial charge in [-0.15, -0.1) is 11.3 Å². The van der Waals surface area contributed by atoms with E-state index in [1.165, 1.54) is 28.7 Å². The van der Waals surface area contributed by atoms with E-state index in [0.717, 1.165) is 21.6 Å². The molecule has 1 unspecified atom stereocenters. The molecular formula is C17H17N3OS2. The highest BCUT2D eigenvalue weighted by molar-refractivity contribution is 8.00. The minimum absolute atomic E-state index is 0.0584. The molecule has 0 saturated heterocycles. The van der Waals surface area contributed by atoms with Crippen molar-refractivity contribution in [3.8, 4) is 0 Å². The molecule has 2 aromatic heterocycles. The number of hydrogen-bond acceptors (Lipinski definition) is 5. The average Bonchev–Trinajstić information content (AvgIpc) is 2.92. The van der Waals surface area contributed by atoms with Crippen molar-refractivity contribution in [3.05, 3.63) is 47.0 Å². The van der Waals surface area contributed by atoms with E-state index in [1.54, 1.807) is 0 Å². The molecule has 1 N–H and O–H groups in total. The molecule has 0 aliphatic rings. The minimum atomic E-state index is -0.243. The van der Waals surface area contributed by atoms with Gasteiger partial charge < -0.3 is 5.32 Å². The average molecular weight is 343 g/mol. The Balaban J connectivity index is 1.74. The molecule has 1 atom stereocenters. The molecule has 0 aliphatic heterocycles. The normalized spacial score (nSPS) is 12.3. The van der Waals surface area contributed by atoms with E-state index in [-0.39, 0.29) is 11.2 Å². The SMILES string of the molecule is Cc1csc(NC(=O)C(C)Sc2cc(C)c3ccccc3n2)n1. The highest BCUT2D eigenvalue weighted by Gasteiger charge is 2.17. The number of rotatable bonds is 4. The van der Waals surface area contributed by atoms with Crippen molar-refractivity contribution >= 4 is 45.0 Å². The lowest BCUT2D eigenvalue weighted by Crippen LogP contribution is -2.22. The van der Waals surface area contributed by atoms with Crippen molar-refractivity contribution < 1.29 is 4.79 Å². The number of para-hydroxylation sites is 1. The van der Waals surface area contributed by atoms with Gasteiger partial charge in [-0.3, -0.25) is 4.79 Å². The predicted molar refractivity (Wildman–Crippen MR) is 97.3 cm³/mol. The molecule has 0 radical (unpaired) electrons. The van der Waals surface area contributed by atoms with Crippen LogP contribution >= 0.6 is 23.1 Å². The Labute approximate surface area is 143 Å². The quantitative estimate of drug-likeness (QED) is 0.712. The predicted octanol–water partition coefficient (Wildman–Crippen LogP) is 4.43. The summed E-state index contributed by atoms with van der Waals surface area (Å²) in [7, 11) is 0. The fourth-order valence-corrected chi connectivity index (χ4v) is 3.85. The van der Waals surface area contributed by atoms with E-state index >= 15 is 0 Å². The molecule has 1 aromatic carbocycles. The summed E-state index contributed by atoms with van der Waals surface area (Å²) in [5.74, 6) is -0.0584. The van der Waals surface area contributed by atoms with E-state index in [9.17, 15) is 4.79 Å². The molecule has 1 amide bonds. The summed E-state index contributed by atoms with van der Waals surface area (Å²) in [6, 6.07) is 10.1. The molecule has 0 aliphatic carbocycles. The maximum absolute atomic E-state index is 12.3. The van der Waals surface area contributed by atoms with Crippen molar-refractivity contribution in [1.29, 1.82) is 0 Å². The van der Waals surface area contributed by atoms with Crippen LogP contribution in [0.1, 0.15) is 18.2 Å². The summed E-state index contributed by atoms with van der Waals surface area (Å²) < 4.78 is 0. The third kappa shape index (κ3) is 3.71. The smallest absolute Gasteiger partial charge is 0.239 e. The van der Waals surface area contributed by atoms with Gasteiger partial charge in [0.15, 0.2) is 5.13 Å². The lowest BCUT2D eigenvalue weighted by atomic mass is 10.1. The van der Waals surface area contributed by atoms with Gasteiger partial charge in [0.2, 0.25) is 5.91 Å². The first-order valence-corrected chi connectivity index (χ1v) is 9.05. The number of amides is 1. The van der Waals surface area contributed by atoms with Gasteiger partial charge in [0.05, 0.1) is 21.5 Å². The van der Waals surface area contributed by atoms with Crippen LogP contribution < -0.4 is 5.32 Å². The Kier molecular flexibility index (Phi) is 4.63. The van der Waals surface area contributed by atoms with Gasteiger partial charge in [0, 0.05) is 10.8 Å². The number of benzene rings is 1. The molecule has 3 aromatic rings. The van der Waals surface area contributed by atoms with Crippen LogP contribution in [-0.4, -0.2) is 21.1 Å². The number of pyridine rings is 1. The maximum Gasteiger partial charge on any atom is 0.239 e. The van der Waals surface area contributed by atoms with Gasteiger partial charge in [0.25, 0.3) is 0 Å². The Bertz CT molecular complexity index is 860. The fourth-order valence-electron chi connectivity index (χ4n) is 2.23. The van der Waals surface area contributed by atoms with Crippen molar-refractivity contribution in [1.82, 2.24) is 9.97 Å². The number of fused-ring (bicyclic) bond motifs is 1. The number of aromatic nitrogens is 2. The van der Waals surface area contributed by atoms with Crippen molar-refractivity contribution in [3.63, 3.8) is 0 Å². The lowest BCUT2D eigenvalue weighted by molar-refractivity contribution is -0.115. The fraction of sp³-hybridized carbons (Fsp3) is 0.235. The van der Waals surface area contributed by atoms with E-state index in [1.807, 2.05) is 43.5 Å². The largest absolute Gasteiger partial charge is 0.301 e. The molecule has 6 heteroatoms. The van der Waals surface area contributed by atoms with Crippen molar-refractivity contribution in [2.24, 2.45) is 0 Å². The molecule has 2 heterocycles. The number of nitrogens with zero attached hydrogens (tertiary/aromatic N) is 2. The maximum atomic E-state index is 12.3. The van der Waals surface area contributed by atoms with Crippen LogP contribution in [0.2, 0.25) is 0 Å². The molecule has 3 rings (SSSR count). The lowest BCUT2D eigenvalue weighted by Gasteiger charge is -2.11. The third-order valence-corrected chi connectivity index (χ3v) is 5.31. The zero-order valence-corrected chi connectivity index (χ0v) is 14.8. The molecule has 0 saturated carbocycles. The van der Waals surface area contributed by atoms with Crippen molar-refractivity contribution in [2.75, 3.05) is 5.32 Å². The van der Waals surface area contributed by atoms with E-state index in [2.05, 4.69) is 28.3 Å². The van der Waals surface area contributed by atoms with Gasteiger partial charge in [-0.2, -0.15) is 0 Å². The number of anilines is 1. The highest BCUT2D eigenvalue weighted by Crippen LogP contribution is 2.27. The number of aryl methyl sites for hydroxylation is 2. The molecule has 0 spiro atoms. The van der Waals surface area contributed by atoms with Gasteiger partial charge in [-0.1, -0.05) is 30.0 Å². The number of carbonyl (C=O) groups excluding carboxylic acids is 1. The second kappa shape index (κ2) is 6.68. The zero-order chi connectivity index (χ0) is 16.4. The Morgan fingerprint density at radius 1 is 1.26 bits per heavy atom. The number of thiazole rings is 1. The summed E-state index contributed by atoms with van der Waals surface area (Å²) in [4.78, 5) is 21.2. The molecule has 0 fully saturated rings. The van der Waals surface area contributed by atoms with Gasteiger partial charge in [-0.05, 0) is 38.5 Å². The summed E-state index contributed by atoms with van der Waals surface area (Å²) in [6.07, 6.45) is 0. The van der Waals surface area contributed by atoms with E-state index < -0.39 is 0 Å². The van der Waals surface area contributed by atoms with Gasteiger partial charge in [0.1, 0.15) is 0 Å². The Morgan fingerprint density at radius 2 is 2.04 bits per heavy atom. The summed E-state index contributed by atoms with van der Waals surface area (Å²) in [6.45, 7) is 5.86. The van der Waals surface area contributed by atoms with Gasteiger partial charge in [-0.25, -0.2) is 9.97 Å². The van der Waals surface area contributed by atoms with Crippen LogP contribution in [0.5, 0.6) is 0 Å². The molecular weight excluding hydrogens is 326 g/mol. The van der Waals surface area contributed by atoms with E-state index in [0.29, 0.717) is 5.13 Å². The molecule has 118 valence electrons. The topological polar surface area (TPSA) is 54.9 Å². The number of hydrogen-bond donors (Lipinski definition) is 1. The number of nitrogens with one attached hydrogen (secondary N) is 1. The van der Waals surface area contributed by atoms with Crippen LogP contribution in [0.3, 0.4) is 0 Å². The number of thioether (sulfide) groups is 1. The Morgan fingerprint density at radius 3 is 2.78 bits per heavy atom. The third-order valence-electron chi connectivity index (χ3n) is 3.42. The zero-order valence-electron chi connectivity index (χ0n) is 13.2. The van der Waals surface area contributed by atoms with Crippen molar-refractivity contribution in [2.45, 2.75) is 31.0 Å². The van der Waals surface area contributed by atoms with E-state index in [4.69, 9.17) is 0 Å². The summed E-state index contributed by atoms with van der Waals surface area (Å²) >= 11 is 2.90. The van der Waals surface area contributed by atoms with Crippen LogP contribution in [-0.2, 0) is 4.79 Å². The van der Waals surface area contributed by atoms with Gasteiger partial charge >= 0.3 is 0 Å². The Hall–Kier alpha value is -1.92. The second-order valence-corrected chi connectivity index (χ2v) is 7.56. The second-order valence-electron chi connectivity index (χ2n) is 5.34. The van der Waals surface area contributed by atoms with Crippen LogP contribution in [0.4, 0.5) is 5.13 Å². The summed E-state index contributed by atoms with van der Waals surface area (Å²) in [5.41, 5.74) is 3.04. The first kappa shape index (κ1) is 16.0. The first-order valence-electron chi connectivity index (χ1n) is 7.29. The molecule has 0 bridgehead atoms. The van der Waals surface area contributed by atoms with Crippen LogP contribution in [0.15, 0.2) is 40.7 Å². The molecule has 4 nitrogen and oxygen atoms in total. The van der Waals surface area contributed by atoms with Crippen LogP contribution in [0.25, 0.3) is 10.9 Å². The number of carbonyl (C=O) groups is 1. The standard InChI is InChI=1S/C17H17N3OS2/c1-10-8-15(19-14-7-5-4-6-13(10)14)23-12(3)16(21)20-17-18-11(2)9-22-17/h4-9,12H,1-3H3,(H,18,20,21). The first-order chi connectivity index (χ1) is 11.0. The molecule has 23 heavy (non-hydrogen) atoms. The minimum Gasteiger partial charge on any atom is -0.301 e. The van der Waals surface area contributed by atoms with Crippen LogP contribution in [0, 0.1) is 13.8 Å². The summed E-state index contributed by atoms with van der Waals surface area (Å²) in [5, 5.41) is 7.18. The monoisotopic (exact) mass is 343 g/mol. The highest BCUT2D eigenvalue weighted by atomic mass is 32.2.